The van der Waals surface area contributed by atoms with E-state index in [1.165, 1.54) is 18.3 Å². The van der Waals surface area contributed by atoms with Crippen LogP contribution in [0.25, 0.3) is 22.2 Å². The minimum atomic E-state index is -0.393. The van der Waals surface area contributed by atoms with E-state index in [0.717, 1.165) is 0 Å². The van der Waals surface area contributed by atoms with Crippen molar-refractivity contribution < 1.29 is 18.7 Å². The Morgan fingerprint density at radius 1 is 1.00 bits per heavy atom. The van der Waals surface area contributed by atoms with Gasteiger partial charge in [-0.3, -0.25) is 4.79 Å². The Kier molecular flexibility index (Phi) is 6.07. The highest BCUT2D eigenvalue weighted by Crippen LogP contribution is 2.26. The quantitative estimate of drug-likeness (QED) is 0.352. The van der Waals surface area contributed by atoms with E-state index in [2.05, 4.69) is 15.5 Å². The molecule has 32 heavy (non-hydrogen) atoms. The van der Waals surface area contributed by atoms with Gasteiger partial charge in [-0.15, -0.1) is 0 Å². The van der Waals surface area contributed by atoms with Crippen LogP contribution in [0.15, 0.2) is 77.9 Å². The predicted molar refractivity (Wildman–Crippen MR) is 122 cm³/mol. The number of nitrogens with zero attached hydrogens (tertiary/aromatic N) is 2. The summed E-state index contributed by atoms with van der Waals surface area (Å²) in [5.74, 6) is 0.487. The van der Waals surface area contributed by atoms with Crippen LogP contribution in [0.2, 0.25) is 0 Å². The lowest BCUT2D eigenvalue weighted by molar-refractivity contribution is 0.0956. The van der Waals surface area contributed by atoms with Crippen molar-refractivity contribution in [2.24, 2.45) is 5.10 Å². The van der Waals surface area contributed by atoms with Crippen LogP contribution < -0.4 is 14.9 Å². The molecule has 1 amide bonds. The number of hydrogen-bond donors (Lipinski definition) is 1. The second kappa shape index (κ2) is 9.26. The summed E-state index contributed by atoms with van der Waals surface area (Å²) < 4.78 is 23.9. The zero-order chi connectivity index (χ0) is 22.5. The van der Waals surface area contributed by atoms with E-state index < -0.39 is 5.91 Å². The molecule has 1 aromatic heterocycles. The topological polar surface area (TPSA) is 72.8 Å². The monoisotopic (exact) mass is 429 g/mol. The molecule has 7 heteroatoms. The van der Waals surface area contributed by atoms with E-state index in [1.807, 2.05) is 24.3 Å². The fourth-order valence-corrected chi connectivity index (χ4v) is 3.28. The Bertz CT molecular complexity index is 1300. The summed E-state index contributed by atoms with van der Waals surface area (Å²) in [6.45, 7) is 0. The van der Waals surface area contributed by atoms with Gasteiger partial charge in [-0.05, 0) is 48.5 Å². The number of pyridine rings is 1. The number of aromatic nitrogens is 1. The first-order chi connectivity index (χ1) is 15.6. The third-order valence-electron chi connectivity index (χ3n) is 4.91. The third kappa shape index (κ3) is 4.41. The number of amides is 1. The number of para-hydroxylation sites is 1. The van der Waals surface area contributed by atoms with E-state index in [4.69, 9.17) is 9.47 Å². The van der Waals surface area contributed by atoms with Crippen LogP contribution in [0, 0.1) is 5.82 Å². The van der Waals surface area contributed by atoms with Crippen molar-refractivity contribution in [3.05, 3.63) is 89.7 Å². The molecule has 0 unspecified atom stereocenters. The maximum atomic E-state index is 13.3. The number of fused-ring (bicyclic) bond motifs is 1. The Balaban J connectivity index is 1.65. The first-order valence-corrected chi connectivity index (χ1v) is 9.80. The van der Waals surface area contributed by atoms with Crippen LogP contribution in [0.3, 0.4) is 0 Å². The first kappa shape index (κ1) is 21.0. The number of hydrazone groups is 1. The van der Waals surface area contributed by atoms with Gasteiger partial charge in [0.25, 0.3) is 5.91 Å². The van der Waals surface area contributed by atoms with E-state index >= 15 is 0 Å². The number of ether oxygens (including phenoxy) is 2. The lowest BCUT2D eigenvalue weighted by atomic mass is 10.0. The second-order valence-corrected chi connectivity index (χ2v) is 6.89. The average molecular weight is 429 g/mol. The normalized spacial score (nSPS) is 11.0. The molecule has 0 aliphatic heterocycles. The maximum Gasteiger partial charge on any atom is 0.272 e. The molecule has 0 fully saturated rings. The number of hydrogen-bond acceptors (Lipinski definition) is 5. The molecule has 160 valence electrons. The van der Waals surface area contributed by atoms with Crippen molar-refractivity contribution >= 4 is 23.0 Å². The Morgan fingerprint density at radius 3 is 2.53 bits per heavy atom. The van der Waals surface area contributed by atoms with E-state index in [1.54, 1.807) is 50.6 Å². The summed E-state index contributed by atoms with van der Waals surface area (Å²) in [6, 6.07) is 20.3. The van der Waals surface area contributed by atoms with Gasteiger partial charge in [-0.25, -0.2) is 14.8 Å². The van der Waals surface area contributed by atoms with Crippen LogP contribution in [0.1, 0.15) is 15.9 Å². The fraction of sp³-hybridized carbons (Fsp3) is 0.0800. The van der Waals surface area contributed by atoms with Crippen molar-refractivity contribution in [3.63, 3.8) is 0 Å². The molecule has 0 bridgehead atoms. The van der Waals surface area contributed by atoms with Gasteiger partial charge in [0.2, 0.25) is 0 Å². The number of benzene rings is 3. The molecule has 4 aromatic rings. The highest BCUT2D eigenvalue weighted by atomic mass is 19.1. The molecule has 1 heterocycles. The van der Waals surface area contributed by atoms with E-state index in [-0.39, 0.29) is 5.82 Å². The minimum absolute atomic E-state index is 0.337. The summed E-state index contributed by atoms with van der Waals surface area (Å²) in [5, 5.41) is 4.78. The molecule has 0 spiro atoms. The van der Waals surface area contributed by atoms with Crippen molar-refractivity contribution in [1.82, 2.24) is 10.4 Å². The molecule has 0 atom stereocenters. The SMILES string of the molecule is COc1ccc(/C=N/NC(=O)c2cc(-c3ccc(F)cc3)nc3ccccc23)c(OC)c1. The summed E-state index contributed by atoms with van der Waals surface area (Å²) >= 11 is 0. The number of carbonyl (C=O) groups excluding carboxylic acids is 1. The lowest BCUT2D eigenvalue weighted by Gasteiger charge is -2.09. The van der Waals surface area contributed by atoms with Gasteiger partial charge < -0.3 is 9.47 Å². The molecule has 0 radical (unpaired) electrons. The van der Waals surface area contributed by atoms with Crippen molar-refractivity contribution in [2.75, 3.05) is 14.2 Å². The van der Waals surface area contributed by atoms with Crippen molar-refractivity contribution in [2.45, 2.75) is 0 Å². The van der Waals surface area contributed by atoms with Crippen LogP contribution in [-0.2, 0) is 0 Å². The summed E-state index contributed by atoms with van der Waals surface area (Å²) in [4.78, 5) is 17.6. The van der Waals surface area contributed by atoms with Gasteiger partial charge >= 0.3 is 0 Å². The molecule has 6 nitrogen and oxygen atoms in total. The smallest absolute Gasteiger partial charge is 0.272 e. The zero-order valence-corrected chi connectivity index (χ0v) is 17.5. The average Bonchev–Trinajstić information content (AvgIpc) is 2.83. The second-order valence-electron chi connectivity index (χ2n) is 6.89. The molecule has 0 aliphatic carbocycles. The predicted octanol–water partition coefficient (Wildman–Crippen LogP) is 4.82. The van der Waals surface area contributed by atoms with Gasteiger partial charge in [-0.2, -0.15) is 5.10 Å². The maximum absolute atomic E-state index is 13.3. The van der Waals surface area contributed by atoms with Crippen molar-refractivity contribution in [1.29, 1.82) is 0 Å². The number of methoxy groups -OCH3 is 2. The summed E-state index contributed by atoms with van der Waals surface area (Å²) in [6.07, 6.45) is 1.50. The Hall–Kier alpha value is -4.26. The first-order valence-electron chi connectivity index (χ1n) is 9.80. The summed E-state index contributed by atoms with van der Waals surface area (Å²) in [7, 11) is 3.12. The molecule has 0 saturated carbocycles. The van der Waals surface area contributed by atoms with Gasteiger partial charge in [-0.1, -0.05) is 18.2 Å². The molecule has 3 aromatic carbocycles. The lowest BCUT2D eigenvalue weighted by Crippen LogP contribution is -2.18. The molecular weight excluding hydrogens is 409 g/mol. The molecule has 0 saturated heterocycles. The number of nitrogens with one attached hydrogen (secondary N) is 1. The Labute approximate surface area is 184 Å². The molecule has 0 aliphatic rings. The highest BCUT2D eigenvalue weighted by molar-refractivity contribution is 6.07. The van der Waals surface area contributed by atoms with Gasteiger partial charge in [0, 0.05) is 22.6 Å². The van der Waals surface area contributed by atoms with Crippen LogP contribution in [0.4, 0.5) is 4.39 Å². The number of rotatable bonds is 6. The van der Waals surface area contributed by atoms with Gasteiger partial charge in [0.15, 0.2) is 0 Å². The van der Waals surface area contributed by atoms with Crippen molar-refractivity contribution in [3.8, 4) is 22.8 Å². The highest BCUT2D eigenvalue weighted by Gasteiger charge is 2.14. The molecule has 1 N–H and O–H groups in total. The van der Waals surface area contributed by atoms with Crippen LogP contribution in [0.5, 0.6) is 11.5 Å². The fourth-order valence-electron chi connectivity index (χ4n) is 3.28. The van der Waals surface area contributed by atoms with Crippen LogP contribution in [-0.4, -0.2) is 31.3 Å². The van der Waals surface area contributed by atoms with Gasteiger partial charge in [0.05, 0.1) is 37.2 Å². The van der Waals surface area contributed by atoms with Gasteiger partial charge in [0.1, 0.15) is 17.3 Å². The number of carbonyl (C=O) groups is 1. The molecule has 4 rings (SSSR count). The van der Waals surface area contributed by atoms with E-state index in [9.17, 15) is 9.18 Å². The largest absolute Gasteiger partial charge is 0.497 e. The van der Waals surface area contributed by atoms with E-state index in [0.29, 0.717) is 44.8 Å². The van der Waals surface area contributed by atoms with Crippen LogP contribution >= 0.6 is 0 Å². The Morgan fingerprint density at radius 2 is 1.78 bits per heavy atom. The summed E-state index contributed by atoms with van der Waals surface area (Å²) in [5.41, 5.74) is 5.58. The zero-order valence-electron chi connectivity index (χ0n) is 17.5. The third-order valence-corrected chi connectivity index (χ3v) is 4.91. The standard InChI is InChI=1S/C25H20FN3O3/c1-31-19-12-9-17(24(13-19)32-2)15-27-29-25(30)21-14-23(16-7-10-18(26)11-8-16)28-22-6-4-3-5-20(21)22/h3-15H,1-2H3,(H,29,30)/b27-15+. The minimum Gasteiger partial charge on any atom is -0.497 e. The molecular formula is C25H20FN3O3. The number of halogens is 1.